The van der Waals surface area contributed by atoms with E-state index in [0.29, 0.717) is 44.1 Å². The molecule has 0 spiro atoms. The molecule has 37 heavy (non-hydrogen) atoms. The molecule has 1 aromatic heterocycles. The highest BCUT2D eigenvalue weighted by Gasteiger charge is 2.49. The summed E-state index contributed by atoms with van der Waals surface area (Å²) in [5.41, 5.74) is 1.31. The van der Waals surface area contributed by atoms with Gasteiger partial charge in [0.2, 0.25) is 0 Å². The Morgan fingerprint density at radius 1 is 1.00 bits per heavy atom. The fourth-order valence-electron chi connectivity index (χ4n) is 6.13. The molecule has 1 aliphatic carbocycles. The molecule has 2 bridgehead atoms. The minimum absolute atomic E-state index is 0.0704. The minimum atomic E-state index is -3.56. The Bertz CT molecular complexity index is 1210. The first-order chi connectivity index (χ1) is 17.9. The van der Waals surface area contributed by atoms with Crippen LogP contribution in [0, 0.1) is 5.82 Å². The zero-order chi connectivity index (χ0) is 25.6. The Morgan fingerprint density at radius 2 is 1.68 bits per heavy atom. The van der Waals surface area contributed by atoms with Crippen LogP contribution in [0.15, 0.2) is 34.9 Å². The maximum absolute atomic E-state index is 13.6. The first kappa shape index (κ1) is 25.0. The number of hydrogen-bond acceptors (Lipinski definition) is 6. The van der Waals surface area contributed by atoms with Gasteiger partial charge in [0.05, 0.1) is 0 Å². The second kappa shape index (κ2) is 10.1. The summed E-state index contributed by atoms with van der Waals surface area (Å²) < 4.78 is 49.0. The van der Waals surface area contributed by atoms with E-state index in [1.807, 2.05) is 0 Å². The van der Waals surface area contributed by atoms with Gasteiger partial charge in [-0.3, -0.25) is 4.79 Å². The van der Waals surface area contributed by atoms with Crippen LogP contribution in [0.5, 0.6) is 0 Å². The number of aromatic nitrogens is 1. The summed E-state index contributed by atoms with van der Waals surface area (Å²) in [6.07, 6.45) is 6.51. The lowest BCUT2D eigenvalue weighted by molar-refractivity contribution is 0.0897. The van der Waals surface area contributed by atoms with Gasteiger partial charge in [-0.2, -0.15) is 17.0 Å². The van der Waals surface area contributed by atoms with Gasteiger partial charge >= 0.3 is 0 Å². The maximum Gasteiger partial charge on any atom is 0.282 e. The van der Waals surface area contributed by atoms with Crippen LogP contribution in [-0.4, -0.2) is 65.3 Å². The molecule has 9 nitrogen and oxygen atoms in total. The lowest BCUT2D eigenvalue weighted by Crippen LogP contribution is -2.57. The van der Waals surface area contributed by atoms with Crippen LogP contribution in [0.3, 0.4) is 0 Å². The van der Waals surface area contributed by atoms with Gasteiger partial charge in [0.25, 0.3) is 16.1 Å². The van der Waals surface area contributed by atoms with E-state index in [4.69, 9.17) is 4.52 Å². The van der Waals surface area contributed by atoms with Gasteiger partial charge in [-0.25, -0.2) is 4.39 Å². The lowest BCUT2D eigenvalue weighted by atomic mass is 9.99. The Hall–Kier alpha value is -2.34. The summed E-state index contributed by atoms with van der Waals surface area (Å²) in [6.45, 7) is 1.60. The van der Waals surface area contributed by atoms with Gasteiger partial charge in [0.1, 0.15) is 11.6 Å². The van der Waals surface area contributed by atoms with Crippen LogP contribution in [0.4, 0.5) is 4.39 Å². The zero-order valence-electron chi connectivity index (χ0n) is 20.8. The number of nitrogens with zero attached hydrogens (tertiary/aromatic N) is 3. The van der Waals surface area contributed by atoms with Crippen molar-refractivity contribution in [1.82, 2.24) is 24.4 Å². The molecule has 0 unspecified atom stereocenters. The summed E-state index contributed by atoms with van der Waals surface area (Å²) in [5.74, 6) is 0.682. The number of amides is 1. The second-order valence-electron chi connectivity index (χ2n) is 10.9. The molecule has 4 heterocycles. The molecule has 3 aliphatic heterocycles. The van der Waals surface area contributed by atoms with Crippen LogP contribution < -0.4 is 10.6 Å². The third-order valence-corrected chi connectivity index (χ3v) is 10.4. The molecule has 200 valence electrons. The van der Waals surface area contributed by atoms with Crippen molar-refractivity contribution >= 4 is 16.1 Å². The van der Waals surface area contributed by atoms with Crippen LogP contribution in [0.1, 0.15) is 79.1 Å². The molecule has 3 atom stereocenters. The molecule has 1 saturated carbocycles. The standard InChI is InChI=1S/C26H34FN5O4S/c27-19-5-1-17(2-6-19)16-28-20-9-11-31(12-10-20)37(34,35)32-22-7-8-23(32)14-21(13-22)29-26(33)24-15-25(36-30-24)18-3-4-18/h1-2,5-6,15,18,20-23,28H,3-4,7-14,16H2,(H,29,33)/t21-,22+,23-. The average Bonchev–Trinajstić information content (AvgIpc) is 3.55. The summed E-state index contributed by atoms with van der Waals surface area (Å²) in [6, 6.07) is 8.14. The summed E-state index contributed by atoms with van der Waals surface area (Å²) in [4.78, 5) is 12.7. The SMILES string of the molecule is O=C(N[C@H]1C[C@H]2CC[C@@H](C1)N2S(=O)(=O)N1CCC(NCc2ccc(F)cc2)CC1)c1cc(C2CC2)on1. The van der Waals surface area contributed by atoms with Crippen molar-refractivity contribution in [3.63, 3.8) is 0 Å². The van der Waals surface area contributed by atoms with E-state index in [1.54, 1.807) is 26.8 Å². The molecule has 2 N–H and O–H groups in total. The van der Waals surface area contributed by atoms with Crippen molar-refractivity contribution in [2.24, 2.45) is 0 Å². The first-order valence-corrected chi connectivity index (χ1v) is 14.8. The molecule has 4 fully saturated rings. The fraction of sp³-hybridized carbons (Fsp3) is 0.615. The Morgan fingerprint density at radius 3 is 2.32 bits per heavy atom. The first-order valence-electron chi connectivity index (χ1n) is 13.4. The largest absolute Gasteiger partial charge is 0.360 e. The lowest BCUT2D eigenvalue weighted by Gasteiger charge is -2.42. The molecular formula is C26H34FN5O4S. The van der Waals surface area contributed by atoms with Crippen molar-refractivity contribution in [2.75, 3.05) is 13.1 Å². The summed E-state index contributed by atoms with van der Waals surface area (Å²) in [5, 5.41) is 10.5. The summed E-state index contributed by atoms with van der Waals surface area (Å²) in [7, 11) is -3.56. The number of carbonyl (C=O) groups is 1. The third kappa shape index (κ3) is 5.32. The van der Waals surface area contributed by atoms with Gasteiger partial charge in [0.15, 0.2) is 5.69 Å². The van der Waals surface area contributed by atoms with E-state index in [2.05, 4.69) is 15.8 Å². The van der Waals surface area contributed by atoms with Crippen LogP contribution in [-0.2, 0) is 16.8 Å². The molecule has 0 radical (unpaired) electrons. The highest BCUT2D eigenvalue weighted by Crippen LogP contribution is 2.41. The van der Waals surface area contributed by atoms with E-state index in [-0.39, 0.29) is 35.9 Å². The third-order valence-electron chi connectivity index (χ3n) is 8.30. The predicted octanol–water partition coefficient (Wildman–Crippen LogP) is 2.92. The van der Waals surface area contributed by atoms with E-state index >= 15 is 0 Å². The molecule has 6 rings (SSSR count). The molecule has 4 aliphatic rings. The topological polar surface area (TPSA) is 108 Å². The molecule has 11 heteroatoms. The van der Waals surface area contributed by atoms with Gasteiger partial charge in [-0.15, -0.1) is 0 Å². The number of halogens is 1. The molecule has 1 amide bonds. The van der Waals surface area contributed by atoms with E-state index in [9.17, 15) is 17.6 Å². The van der Waals surface area contributed by atoms with Crippen LogP contribution in [0.2, 0.25) is 0 Å². The maximum atomic E-state index is 13.6. The monoisotopic (exact) mass is 531 g/mol. The van der Waals surface area contributed by atoms with E-state index in [1.165, 1.54) is 12.1 Å². The fourth-order valence-corrected chi connectivity index (χ4v) is 8.21. The van der Waals surface area contributed by atoms with Gasteiger partial charge in [0, 0.05) is 55.8 Å². The van der Waals surface area contributed by atoms with Crippen LogP contribution in [0.25, 0.3) is 0 Å². The number of rotatable bonds is 8. The molecule has 1 aromatic carbocycles. The molecule has 2 aromatic rings. The second-order valence-corrected chi connectivity index (χ2v) is 12.8. The number of benzene rings is 1. The normalized spacial score (nSPS) is 27.4. The highest BCUT2D eigenvalue weighted by molar-refractivity contribution is 7.86. The van der Waals surface area contributed by atoms with Crippen molar-refractivity contribution < 1.29 is 22.1 Å². The Kier molecular flexibility index (Phi) is 6.81. The highest BCUT2D eigenvalue weighted by atomic mass is 32.2. The number of hydrogen-bond donors (Lipinski definition) is 2. The number of fused-ring (bicyclic) bond motifs is 2. The van der Waals surface area contributed by atoms with Crippen LogP contribution >= 0.6 is 0 Å². The van der Waals surface area contributed by atoms with Crippen molar-refractivity contribution in [3.8, 4) is 0 Å². The Balaban J connectivity index is 1.01. The number of nitrogens with one attached hydrogen (secondary N) is 2. The van der Waals surface area contributed by atoms with E-state index in [0.717, 1.165) is 49.8 Å². The summed E-state index contributed by atoms with van der Waals surface area (Å²) >= 11 is 0. The number of carbonyl (C=O) groups excluding carboxylic acids is 1. The van der Waals surface area contributed by atoms with Crippen molar-refractivity contribution in [1.29, 1.82) is 0 Å². The average molecular weight is 532 g/mol. The van der Waals surface area contributed by atoms with Gasteiger partial charge < -0.3 is 15.2 Å². The van der Waals surface area contributed by atoms with Crippen molar-refractivity contribution in [2.45, 2.75) is 88.0 Å². The number of piperidine rings is 2. The smallest absolute Gasteiger partial charge is 0.282 e. The van der Waals surface area contributed by atoms with Gasteiger partial charge in [-0.1, -0.05) is 17.3 Å². The minimum Gasteiger partial charge on any atom is -0.360 e. The van der Waals surface area contributed by atoms with E-state index < -0.39 is 10.2 Å². The quantitative estimate of drug-likeness (QED) is 0.543. The van der Waals surface area contributed by atoms with Crippen molar-refractivity contribution in [3.05, 3.63) is 53.2 Å². The Labute approximate surface area is 216 Å². The molecular weight excluding hydrogens is 497 g/mol. The zero-order valence-corrected chi connectivity index (χ0v) is 21.6. The molecule has 3 saturated heterocycles. The predicted molar refractivity (Wildman–Crippen MR) is 134 cm³/mol. The van der Waals surface area contributed by atoms with Gasteiger partial charge in [-0.05, 0) is 69.1 Å².